The molecule has 0 aliphatic carbocycles. The van der Waals surface area contributed by atoms with Crippen LogP contribution < -0.4 is 0 Å². The summed E-state index contributed by atoms with van der Waals surface area (Å²) in [5, 5.41) is 9.43. The average molecular weight is 270 g/mol. The summed E-state index contributed by atoms with van der Waals surface area (Å²) in [6.07, 6.45) is 0. The Morgan fingerprint density at radius 3 is 2.28 bits per heavy atom. The number of nitrogens with zero attached hydrogens (tertiary/aromatic N) is 1. The fourth-order valence-electron chi connectivity index (χ4n) is 1.55. The highest BCUT2D eigenvalue weighted by atomic mass is 35.5. The Bertz CT molecular complexity index is 428. The quantitative estimate of drug-likeness (QED) is 0.893. The number of benzene rings is 1. The van der Waals surface area contributed by atoms with E-state index in [1.807, 2.05) is 0 Å². The van der Waals surface area contributed by atoms with Crippen molar-refractivity contribution in [3.63, 3.8) is 0 Å². The Morgan fingerprint density at radius 2 is 1.83 bits per heavy atom. The minimum atomic E-state index is -1.02. The van der Waals surface area contributed by atoms with Crippen molar-refractivity contribution in [2.24, 2.45) is 5.92 Å². The molecule has 0 fully saturated rings. The zero-order valence-electron chi connectivity index (χ0n) is 10.4. The fraction of sp³-hybridized carbons (Fsp3) is 0.385. The molecule has 0 spiro atoms. The second kappa shape index (κ2) is 6.40. The van der Waals surface area contributed by atoms with E-state index in [0.29, 0.717) is 5.02 Å². The number of carboxylic acids is 1. The molecule has 0 aliphatic heterocycles. The van der Waals surface area contributed by atoms with Crippen molar-refractivity contribution in [2.45, 2.75) is 20.4 Å². The Balaban J connectivity index is 2.81. The van der Waals surface area contributed by atoms with E-state index >= 15 is 0 Å². The molecule has 98 valence electrons. The first-order valence-corrected chi connectivity index (χ1v) is 6.03. The van der Waals surface area contributed by atoms with Crippen molar-refractivity contribution in [3.05, 3.63) is 34.9 Å². The summed E-state index contributed by atoms with van der Waals surface area (Å²) in [4.78, 5) is 24.0. The van der Waals surface area contributed by atoms with Gasteiger partial charge in [0.1, 0.15) is 6.54 Å². The summed E-state index contributed by atoms with van der Waals surface area (Å²) >= 11 is 5.77. The van der Waals surface area contributed by atoms with Crippen LogP contribution >= 0.6 is 11.6 Å². The smallest absolute Gasteiger partial charge is 0.323 e. The van der Waals surface area contributed by atoms with Gasteiger partial charge < -0.3 is 10.0 Å². The van der Waals surface area contributed by atoms with Crippen LogP contribution in [0, 0.1) is 5.92 Å². The highest BCUT2D eigenvalue weighted by Gasteiger charge is 2.19. The maximum Gasteiger partial charge on any atom is 0.323 e. The van der Waals surface area contributed by atoms with Gasteiger partial charge in [0, 0.05) is 17.5 Å². The molecular formula is C13H16ClNO3. The molecule has 0 aliphatic rings. The first kappa shape index (κ1) is 14.5. The van der Waals surface area contributed by atoms with Gasteiger partial charge in [-0.15, -0.1) is 0 Å². The first-order valence-electron chi connectivity index (χ1n) is 5.65. The Morgan fingerprint density at radius 1 is 1.28 bits per heavy atom. The van der Waals surface area contributed by atoms with Gasteiger partial charge in [-0.05, 0) is 17.7 Å². The van der Waals surface area contributed by atoms with Gasteiger partial charge >= 0.3 is 5.97 Å². The predicted molar refractivity (Wildman–Crippen MR) is 69.3 cm³/mol. The molecule has 0 unspecified atom stereocenters. The van der Waals surface area contributed by atoms with E-state index in [-0.39, 0.29) is 24.9 Å². The van der Waals surface area contributed by atoms with E-state index in [2.05, 4.69) is 0 Å². The lowest BCUT2D eigenvalue weighted by molar-refractivity contribution is -0.146. The Hall–Kier alpha value is -1.55. The van der Waals surface area contributed by atoms with Crippen molar-refractivity contribution >= 4 is 23.5 Å². The zero-order chi connectivity index (χ0) is 13.7. The van der Waals surface area contributed by atoms with Crippen LogP contribution in [0.2, 0.25) is 5.02 Å². The average Bonchev–Trinajstić information content (AvgIpc) is 2.29. The molecule has 0 saturated carbocycles. The minimum absolute atomic E-state index is 0.174. The first-order chi connectivity index (χ1) is 8.40. The van der Waals surface area contributed by atoms with E-state index in [1.165, 1.54) is 4.90 Å². The highest BCUT2D eigenvalue weighted by Crippen LogP contribution is 2.13. The molecule has 1 N–H and O–H groups in total. The van der Waals surface area contributed by atoms with Gasteiger partial charge in [-0.2, -0.15) is 0 Å². The molecule has 4 nitrogen and oxygen atoms in total. The Kier molecular flexibility index (Phi) is 5.16. The zero-order valence-corrected chi connectivity index (χ0v) is 11.1. The topological polar surface area (TPSA) is 57.6 Å². The SMILES string of the molecule is CC(C)C(=O)N(CC(=O)O)Cc1ccc(Cl)cc1. The van der Waals surface area contributed by atoms with Crippen LogP contribution in [-0.2, 0) is 16.1 Å². The fourth-order valence-corrected chi connectivity index (χ4v) is 1.68. The number of amides is 1. The normalized spacial score (nSPS) is 10.4. The summed E-state index contributed by atoms with van der Waals surface area (Å²) in [6.45, 7) is 3.48. The van der Waals surface area contributed by atoms with Gasteiger partial charge in [-0.3, -0.25) is 9.59 Å². The van der Waals surface area contributed by atoms with Crippen LogP contribution in [0.5, 0.6) is 0 Å². The second-order valence-corrected chi connectivity index (χ2v) is 4.81. The number of carboxylic acid groups (broad SMARTS) is 1. The molecule has 0 aromatic heterocycles. The molecule has 18 heavy (non-hydrogen) atoms. The van der Waals surface area contributed by atoms with Gasteiger partial charge in [0.05, 0.1) is 0 Å². The van der Waals surface area contributed by atoms with Crippen molar-refractivity contribution < 1.29 is 14.7 Å². The molecule has 0 saturated heterocycles. The molecule has 5 heteroatoms. The number of hydrogen-bond donors (Lipinski definition) is 1. The van der Waals surface area contributed by atoms with Crippen LogP contribution in [0.25, 0.3) is 0 Å². The van der Waals surface area contributed by atoms with Crippen molar-refractivity contribution in [3.8, 4) is 0 Å². The van der Waals surface area contributed by atoms with Gasteiger partial charge in [0.25, 0.3) is 0 Å². The van der Waals surface area contributed by atoms with Crippen molar-refractivity contribution in [1.82, 2.24) is 4.90 Å². The standard InChI is InChI=1S/C13H16ClNO3/c1-9(2)13(18)15(8-12(16)17)7-10-3-5-11(14)6-4-10/h3-6,9H,7-8H2,1-2H3,(H,16,17). The molecule has 1 aromatic rings. The van der Waals surface area contributed by atoms with Crippen LogP contribution in [0.1, 0.15) is 19.4 Å². The lowest BCUT2D eigenvalue weighted by Crippen LogP contribution is -2.37. The van der Waals surface area contributed by atoms with E-state index in [4.69, 9.17) is 16.7 Å². The lowest BCUT2D eigenvalue weighted by atomic mass is 10.1. The van der Waals surface area contributed by atoms with Gasteiger partial charge in [0.2, 0.25) is 5.91 Å². The predicted octanol–water partition coefficient (Wildman–Crippen LogP) is 2.41. The third-order valence-electron chi connectivity index (χ3n) is 2.42. The summed E-state index contributed by atoms with van der Waals surface area (Å²) in [5.74, 6) is -1.41. The molecule has 0 radical (unpaired) electrons. The second-order valence-electron chi connectivity index (χ2n) is 4.37. The molecule has 1 amide bonds. The number of aliphatic carboxylic acids is 1. The largest absolute Gasteiger partial charge is 0.480 e. The highest BCUT2D eigenvalue weighted by molar-refractivity contribution is 6.30. The molecular weight excluding hydrogens is 254 g/mol. The van der Waals surface area contributed by atoms with Gasteiger partial charge in [0.15, 0.2) is 0 Å². The molecule has 0 atom stereocenters. The number of carbonyl (C=O) groups is 2. The van der Waals surface area contributed by atoms with E-state index in [0.717, 1.165) is 5.56 Å². The molecule has 1 aromatic carbocycles. The third-order valence-corrected chi connectivity index (χ3v) is 2.67. The van der Waals surface area contributed by atoms with Crippen LogP contribution in [0.15, 0.2) is 24.3 Å². The summed E-state index contributed by atoms with van der Waals surface area (Å²) in [7, 11) is 0. The molecule has 1 rings (SSSR count). The maximum atomic E-state index is 11.9. The number of carbonyl (C=O) groups excluding carboxylic acids is 1. The lowest BCUT2D eigenvalue weighted by Gasteiger charge is -2.22. The molecule has 0 bridgehead atoms. The third kappa shape index (κ3) is 4.37. The van der Waals surface area contributed by atoms with Crippen molar-refractivity contribution in [1.29, 1.82) is 0 Å². The van der Waals surface area contributed by atoms with Crippen molar-refractivity contribution in [2.75, 3.05) is 6.54 Å². The van der Waals surface area contributed by atoms with E-state index in [9.17, 15) is 9.59 Å². The number of rotatable bonds is 5. The maximum absolute atomic E-state index is 11.9. The summed E-state index contributed by atoms with van der Waals surface area (Å²) in [5.41, 5.74) is 0.856. The van der Waals surface area contributed by atoms with Gasteiger partial charge in [-0.25, -0.2) is 0 Å². The van der Waals surface area contributed by atoms with Crippen LogP contribution in [0.3, 0.4) is 0 Å². The summed E-state index contributed by atoms with van der Waals surface area (Å²) < 4.78 is 0. The molecule has 0 heterocycles. The van der Waals surface area contributed by atoms with E-state index in [1.54, 1.807) is 38.1 Å². The number of halogens is 1. The monoisotopic (exact) mass is 269 g/mol. The Labute approximate surface area is 111 Å². The van der Waals surface area contributed by atoms with Crippen LogP contribution in [-0.4, -0.2) is 28.4 Å². The minimum Gasteiger partial charge on any atom is -0.480 e. The van der Waals surface area contributed by atoms with Gasteiger partial charge in [-0.1, -0.05) is 37.6 Å². The van der Waals surface area contributed by atoms with Crippen LogP contribution in [0.4, 0.5) is 0 Å². The van der Waals surface area contributed by atoms with E-state index < -0.39 is 5.97 Å². The summed E-state index contributed by atoms with van der Waals surface area (Å²) in [6, 6.07) is 7.00. The number of hydrogen-bond acceptors (Lipinski definition) is 2.